The smallest absolute Gasteiger partial charge is 0.204 e. The zero-order chi connectivity index (χ0) is 11.1. The lowest BCUT2D eigenvalue weighted by molar-refractivity contribution is 0.0606. The van der Waals surface area contributed by atoms with Crippen molar-refractivity contribution in [1.82, 2.24) is 9.55 Å². The molecule has 0 N–H and O–H groups in total. The molecule has 0 saturated heterocycles. The number of ketones is 1. The van der Waals surface area contributed by atoms with Gasteiger partial charge in [-0.05, 0) is 18.8 Å². The van der Waals surface area contributed by atoms with Gasteiger partial charge in [-0.3, -0.25) is 4.79 Å². The normalized spacial score (nSPS) is 17.5. The molecule has 0 atom stereocenters. The van der Waals surface area contributed by atoms with Gasteiger partial charge in [-0.1, -0.05) is 20.3 Å². The van der Waals surface area contributed by atoms with Gasteiger partial charge >= 0.3 is 0 Å². The van der Waals surface area contributed by atoms with Crippen LogP contribution in [0.15, 0.2) is 12.4 Å². The lowest BCUT2D eigenvalue weighted by atomic mass is 9.65. The van der Waals surface area contributed by atoms with E-state index in [1.165, 1.54) is 19.3 Å². The summed E-state index contributed by atoms with van der Waals surface area (Å²) in [6.07, 6.45) is 7.14. The Balaban J connectivity index is 2.23. The van der Waals surface area contributed by atoms with Crippen LogP contribution >= 0.6 is 0 Å². The number of hydrogen-bond donors (Lipinski definition) is 0. The average Bonchev–Trinajstić information content (AvgIpc) is 2.45. The first-order valence-electron chi connectivity index (χ1n) is 5.55. The molecule has 0 amide bonds. The molecule has 0 radical (unpaired) electrons. The fourth-order valence-electron chi connectivity index (χ4n) is 2.19. The van der Waals surface area contributed by atoms with Gasteiger partial charge in [0.15, 0.2) is 5.82 Å². The summed E-state index contributed by atoms with van der Waals surface area (Å²) < 4.78 is 1.81. The SMILES string of the molecule is Cn1ccnc1C(=O)C(C)(C)C1CCC1. The minimum absolute atomic E-state index is 0.180. The summed E-state index contributed by atoms with van der Waals surface area (Å²) in [6.45, 7) is 4.10. The quantitative estimate of drug-likeness (QED) is 0.712. The van der Waals surface area contributed by atoms with Crippen LogP contribution in [-0.4, -0.2) is 15.3 Å². The molecule has 0 bridgehead atoms. The molecule has 3 heteroatoms. The van der Waals surface area contributed by atoms with Gasteiger partial charge in [0.05, 0.1) is 0 Å². The van der Waals surface area contributed by atoms with Crippen LogP contribution in [0.4, 0.5) is 0 Å². The van der Waals surface area contributed by atoms with Crippen molar-refractivity contribution >= 4 is 5.78 Å². The van der Waals surface area contributed by atoms with Crippen LogP contribution in [0.5, 0.6) is 0 Å². The highest BCUT2D eigenvalue weighted by atomic mass is 16.1. The second-order valence-electron chi connectivity index (χ2n) is 5.04. The van der Waals surface area contributed by atoms with Crippen LogP contribution in [0.25, 0.3) is 0 Å². The minimum atomic E-state index is -0.253. The fourth-order valence-corrected chi connectivity index (χ4v) is 2.19. The molecule has 1 aliphatic rings. The molecule has 1 aliphatic carbocycles. The topological polar surface area (TPSA) is 34.9 Å². The number of Topliss-reactive ketones (excluding diaryl/α,β-unsaturated/α-hetero) is 1. The second kappa shape index (κ2) is 3.47. The number of nitrogens with zero attached hydrogens (tertiary/aromatic N) is 2. The third-order valence-electron chi connectivity index (χ3n) is 3.74. The highest BCUT2D eigenvalue weighted by molar-refractivity contribution is 5.97. The van der Waals surface area contributed by atoms with Crippen molar-refractivity contribution < 1.29 is 4.79 Å². The van der Waals surface area contributed by atoms with E-state index >= 15 is 0 Å². The van der Waals surface area contributed by atoms with Crippen molar-refractivity contribution in [3.63, 3.8) is 0 Å². The van der Waals surface area contributed by atoms with E-state index in [1.54, 1.807) is 6.20 Å². The Morgan fingerprint density at radius 2 is 2.20 bits per heavy atom. The van der Waals surface area contributed by atoms with E-state index in [2.05, 4.69) is 4.98 Å². The van der Waals surface area contributed by atoms with Gasteiger partial charge in [0.1, 0.15) is 0 Å². The Morgan fingerprint density at radius 1 is 1.53 bits per heavy atom. The van der Waals surface area contributed by atoms with Crippen LogP contribution in [0.3, 0.4) is 0 Å². The molecule has 15 heavy (non-hydrogen) atoms. The summed E-state index contributed by atoms with van der Waals surface area (Å²) in [6, 6.07) is 0. The fraction of sp³-hybridized carbons (Fsp3) is 0.667. The van der Waals surface area contributed by atoms with Crippen LogP contribution in [-0.2, 0) is 7.05 Å². The Hall–Kier alpha value is -1.12. The standard InChI is InChI=1S/C12H18N2O/c1-12(2,9-5-4-6-9)10(15)11-13-7-8-14(11)3/h7-9H,4-6H2,1-3H3. The van der Waals surface area contributed by atoms with Gasteiger partial charge in [0, 0.05) is 24.9 Å². The number of imidazole rings is 1. The molecule has 0 spiro atoms. The van der Waals surface area contributed by atoms with Gasteiger partial charge in [-0.15, -0.1) is 0 Å². The predicted octanol–water partition coefficient (Wildman–Crippen LogP) is 2.43. The van der Waals surface area contributed by atoms with Crippen molar-refractivity contribution in [2.75, 3.05) is 0 Å². The first-order chi connectivity index (χ1) is 7.03. The maximum Gasteiger partial charge on any atom is 0.204 e. The molecular formula is C12H18N2O. The summed E-state index contributed by atoms with van der Waals surface area (Å²) in [5, 5.41) is 0. The minimum Gasteiger partial charge on any atom is -0.332 e. The van der Waals surface area contributed by atoms with Gasteiger partial charge in [0.25, 0.3) is 0 Å². The predicted molar refractivity (Wildman–Crippen MR) is 58.7 cm³/mol. The molecule has 0 aromatic carbocycles. The van der Waals surface area contributed by atoms with Crippen LogP contribution < -0.4 is 0 Å². The molecule has 1 aromatic rings. The van der Waals surface area contributed by atoms with E-state index in [0.717, 1.165) is 0 Å². The molecule has 2 rings (SSSR count). The van der Waals surface area contributed by atoms with Crippen molar-refractivity contribution in [3.8, 4) is 0 Å². The van der Waals surface area contributed by atoms with Gasteiger partial charge in [-0.25, -0.2) is 4.98 Å². The van der Waals surface area contributed by atoms with Crippen LogP contribution in [0, 0.1) is 11.3 Å². The van der Waals surface area contributed by atoms with E-state index in [4.69, 9.17) is 0 Å². The van der Waals surface area contributed by atoms with E-state index in [9.17, 15) is 4.79 Å². The third kappa shape index (κ3) is 1.60. The number of aryl methyl sites for hydroxylation is 1. The Morgan fingerprint density at radius 3 is 2.60 bits per heavy atom. The highest BCUT2D eigenvalue weighted by Crippen LogP contribution is 2.43. The maximum absolute atomic E-state index is 12.3. The second-order valence-corrected chi connectivity index (χ2v) is 5.04. The van der Waals surface area contributed by atoms with Crippen molar-refractivity contribution in [1.29, 1.82) is 0 Å². The number of carbonyl (C=O) groups excluding carboxylic acids is 1. The number of rotatable bonds is 3. The van der Waals surface area contributed by atoms with E-state index < -0.39 is 0 Å². The number of hydrogen-bond acceptors (Lipinski definition) is 2. The van der Waals surface area contributed by atoms with Crippen molar-refractivity contribution in [3.05, 3.63) is 18.2 Å². The molecule has 3 nitrogen and oxygen atoms in total. The third-order valence-corrected chi connectivity index (χ3v) is 3.74. The largest absolute Gasteiger partial charge is 0.332 e. The van der Waals surface area contributed by atoms with Crippen molar-refractivity contribution in [2.45, 2.75) is 33.1 Å². The van der Waals surface area contributed by atoms with Gasteiger partial charge in [0.2, 0.25) is 5.78 Å². The summed E-state index contributed by atoms with van der Waals surface area (Å²) in [5.74, 6) is 1.31. The molecule has 82 valence electrons. The molecule has 0 aliphatic heterocycles. The van der Waals surface area contributed by atoms with Gasteiger partial charge in [-0.2, -0.15) is 0 Å². The van der Waals surface area contributed by atoms with Crippen molar-refractivity contribution in [2.24, 2.45) is 18.4 Å². The molecule has 0 unspecified atom stereocenters. The first kappa shape index (κ1) is 10.4. The molecule has 1 fully saturated rings. The Labute approximate surface area is 90.5 Å². The first-order valence-corrected chi connectivity index (χ1v) is 5.55. The molecule has 1 saturated carbocycles. The summed E-state index contributed by atoms with van der Waals surface area (Å²) in [7, 11) is 1.87. The Bertz CT molecular complexity index is 375. The summed E-state index contributed by atoms with van der Waals surface area (Å²) in [5.41, 5.74) is -0.253. The van der Waals surface area contributed by atoms with E-state index in [1.807, 2.05) is 31.7 Å². The van der Waals surface area contributed by atoms with Crippen LogP contribution in [0.2, 0.25) is 0 Å². The molecular weight excluding hydrogens is 188 g/mol. The van der Waals surface area contributed by atoms with E-state index in [0.29, 0.717) is 11.7 Å². The summed E-state index contributed by atoms with van der Waals surface area (Å²) >= 11 is 0. The monoisotopic (exact) mass is 206 g/mol. The highest BCUT2D eigenvalue weighted by Gasteiger charge is 2.41. The lowest BCUT2D eigenvalue weighted by Crippen LogP contribution is -2.38. The lowest BCUT2D eigenvalue weighted by Gasteiger charge is -2.38. The zero-order valence-electron chi connectivity index (χ0n) is 9.66. The average molecular weight is 206 g/mol. The molecule has 1 aromatic heterocycles. The zero-order valence-corrected chi connectivity index (χ0v) is 9.66. The van der Waals surface area contributed by atoms with Gasteiger partial charge < -0.3 is 4.57 Å². The molecule has 1 heterocycles. The number of carbonyl (C=O) groups is 1. The Kier molecular flexibility index (Phi) is 2.41. The van der Waals surface area contributed by atoms with E-state index in [-0.39, 0.29) is 11.2 Å². The van der Waals surface area contributed by atoms with Crippen LogP contribution in [0.1, 0.15) is 43.7 Å². The maximum atomic E-state index is 12.3. The summed E-state index contributed by atoms with van der Waals surface area (Å²) in [4.78, 5) is 16.4. The number of aromatic nitrogens is 2.